The van der Waals surface area contributed by atoms with Crippen molar-refractivity contribution in [2.24, 2.45) is 5.73 Å². The Hall–Kier alpha value is -2.00. The molecule has 1 unspecified atom stereocenters. The highest BCUT2D eigenvalue weighted by Gasteiger charge is 2.22. The Bertz CT molecular complexity index is 526. The van der Waals surface area contributed by atoms with Crippen LogP contribution in [0.4, 0.5) is 0 Å². The molecule has 1 aliphatic heterocycles. The predicted molar refractivity (Wildman–Crippen MR) is 74.4 cm³/mol. The molecule has 0 saturated heterocycles. The molecule has 98 valence electrons. The molecule has 0 bridgehead atoms. The maximum Gasteiger partial charge on any atom is 0.137 e. The number of nitrogens with two attached hydrogens (primary N) is 1. The molecule has 3 heteroatoms. The van der Waals surface area contributed by atoms with Gasteiger partial charge in [-0.25, -0.2) is 0 Å². The summed E-state index contributed by atoms with van der Waals surface area (Å²) in [5.41, 5.74) is 7.93. The van der Waals surface area contributed by atoms with E-state index >= 15 is 0 Å². The fraction of sp³-hybridized carbons (Fsp3) is 0.250. The lowest BCUT2D eigenvalue weighted by Gasteiger charge is -2.12. The number of ether oxygens (including phenoxy) is 2. The summed E-state index contributed by atoms with van der Waals surface area (Å²) in [6.45, 7) is 1.12. The van der Waals surface area contributed by atoms with Crippen LogP contribution in [0.1, 0.15) is 11.1 Å². The fourth-order valence-corrected chi connectivity index (χ4v) is 2.26. The van der Waals surface area contributed by atoms with Gasteiger partial charge < -0.3 is 15.2 Å². The third kappa shape index (κ3) is 2.71. The van der Waals surface area contributed by atoms with E-state index in [9.17, 15) is 0 Å². The summed E-state index contributed by atoms with van der Waals surface area (Å²) in [7, 11) is 0. The Balaban J connectivity index is 1.56. The molecule has 1 aliphatic rings. The normalized spacial score (nSPS) is 16.8. The van der Waals surface area contributed by atoms with E-state index < -0.39 is 0 Å². The Morgan fingerprint density at radius 3 is 2.63 bits per heavy atom. The van der Waals surface area contributed by atoms with Crippen molar-refractivity contribution in [3.8, 4) is 11.5 Å². The first-order valence-corrected chi connectivity index (χ1v) is 6.51. The predicted octanol–water partition coefficient (Wildman–Crippen LogP) is 2.53. The molecule has 2 aromatic carbocycles. The average Bonchev–Trinajstić information content (AvgIpc) is 2.88. The van der Waals surface area contributed by atoms with Crippen LogP contribution in [0.5, 0.6) is 11.5 Å². The first-order chi connectivity index (χ1) is 9.35. The summed E-state index contributed by atoms with van der Waals surface area (Å²) < 4.78 is 11.6. The van der Waals surface area contributed by atoms with E-state index in [1.807, 2.05) is 42.5 Å². The number of para-hydroxylation sites is 1. The Kier molecular flexibility index (Phi) is 3.38. The van der Waals surface area contributed by atoms with Crippen molar-refractivity contribution in [1.29, 1.82) is 0 Å². The van der Waals surface area contributed by atoms with Crippen molar-refractivity contribution in [1.82, 2.24) is 0 Å². The van der Waals surface area contributed by atoms with Crippen molar-refractivity contribution in [3.63, 3.8) is 0 Å². The minimum absolute atomic E-state index is 0.103. The Morgan fingerprint density at radius 2 is 1.89 bits per heavy atom. The van der Waals surface area contributed by atoms with E-state index in [1.165, 1.54) is 5.56 Å². The summed E-state index contributed by atoms with van der Waals surface area (Å²) in [4.78, 5) is 0. The quantitative estimate of drug-likeness (QED) is 0.913. The molecule has 3 rings (SSSR count). The first kappa shape index (κ1) is 12.1. The van der Waals surface area contributed by atoms with Gasteiger partial charge in [0.1, 0.15) is 24.2 Å². The van der Waals surface area contributed by atoms with Gasteiger partial charge in [-0.3, -0.25) is 0 Å². The zero-order valence-electron chi connectivity index (χ0n) is 10.7. The Morgan fingerprint density at radius 1 is 1.11 bits per heavy atom. The van der Waals surface area contributed by atoms with Crippen molar-refractivity contribution < 1.29 is 9.47 Å². The second kappa shape index (κ2) is 5.33. The standard InChI is InChI=1S/C16H17NO2/c17-10-12-5-7-14(8-6-12)18-11-15-9-13-3-1-2-4-16(13)19-15/h1-8,15H,9-11,17H2. The third-order valence-corrected chi connectivity index (χ3v) is 3.31. The van der Waals surface area contributed by atoms with Crippen LogP contribution in [0.2, 0.25) is 0 Å². The molecule has 0 amide bonds. The molecule has 0 fully saturated rings. The van der Waals surface area contributed by atoms with Crippen molar-refractivity contribution >= 4 is 0 Å². The Labute approximate surface area is 113 Å². The maximum absolute atomic E-state index is 5.83. The van der Waals surface area contributed by atoms with Crippen molar-refractivity contribution in [2.75, 3.05) is 6.61 Å². The summed E-state index contributed by atoms with van der Waals surface area (Å²) >= 11 is 0. The maximum atomic E-state index is 5.83. The van der Waals surface area contributed by atoms with Gasteiger partial charge in [-0.15, -0.1) is 0 Å². The third-order valence-electron chi connectivity index (χ3n) is 3.31. The molecule has 2 aromatic rings. The molecule has 0 spiro atoms. The van der Waals surface area contributed by atoms with Gasteiger partial charge in [0, 0.05) is 13.0 Å². The number of benzene rings is 2. The summed E-state index contributed by atoms with van der Waals surface area (Å²) in [5.74, 6) is 1.84. The molecule has 3 nitrogen and oxygen atoms in total. The average molecular weight is 255 g/mol. The molecular formula is C16H17NO2. The number of fused-ring (bicyclic) bond motifs is 1. The minimum Gasteiger partial charge on any atom is -0.490 e. The highest BCUT2D eigenvalue weighted by atomic mass is 16.5. The second-order valence-corrected chi connectivity index (χ2v) is 4.71. The van der Waals surface area contributed by atoms with Crippen LogP contribution in [0.3, 0.4) is 0 Å². The van der Waals surface area contributed by atoms with Crippen LogP contribution in [0.15, 0.2) is 48.5 Å². The molecule has 19 heavy (non-hydrogen) atoms. The van der Waals surface area contributed by atoms with Gasteiger partial charge in [-0.05, 0) is 29.3 Å². The molecule has 2 N–H and O–H groups in total. The molecule has 1 atom stereocenters. The molecule has 0 saturated carbocycles. The zero-order valence-corrected chi connectivity index (χ0v) is 10.7. The van der Waals surface area contributed by atoms with E-state index in [0.29, 0.717) is 13.2 Å². The molecule has 0 radical (unpaired) electrons. The van der Waals surface area contributed by atoms with Gasteiger partial charge in [0.05, 0.1) is 0 Å². The second-order valence-electron chi connectivity index (χ2n) is 4.71. The van der Waals surface area contributed by atoms with Crippen LogP contribution >= 0.6 is 0 Å². The van der Waals surface area contributed by atoms with Gasteiger partial charge in [0.15, 0.2) is 0 Å². The monoisotopic (exact) mass is 255 g/mol. The van der Waals surface area contributed by atoms with Gasteiger partial charge in [0.25, 0.3) is 0 Å². The van der Waals surface area contributed by atoms with Gasteiger partial charge in [0.2, 0.25) is 0 Å². The summed E-state index contributed by atoms with van der Waals surface area (Å²) in [6.07, 6.45) is 1.02. The van der Waals surface area contributed by atoms with Crippen molar-refractivity contribution in [3.05, 3.63) is 59.7 Å². The lowest BCUT2D eigenvalue weighted by atomic mass is 10.1. The molecule has 0 aliphatic carbocycles. The number of rotatable bonds is 4. The van der Waals surface area contributed by atoms with E-state index in [0.717, 1.165) is 23.5 Å². The van der Waals surface area contributed by atoms with Crippen LogP contribution in [-0.2, 0) is 13.0 Å². The lowest BCUT2D eigenvalue weighted by molar-refractivity contribution is 0.148. The SMILES string of the molecule is NCc1ccc(OCC2Cc3ccccc3O2)cc1. The minimum atomic E-state index is 0.103. The van der Waals surface area contributed by atoms with E-state index in [2.05, 4.69) is 6.07 Å². The van der Waals surface area contributed by atoms with Crippen LogP contribution in [-0.4, -0.2) is 12.7 Å². The molecule has 0 aromatic heterocycles. The van der Waals surface area contributed by atoms with Gasteiger partial charge >= 0.3 is 0 Å². The number of hydrogen-bond acceptors (Lipinski definition) is 3. The van der Waals surface area contributed by atoms with Crippen molar-refractivity contribution in [2.45, 2.75) is 19.1 Å². The molecular weight excluding hydrogens is 238 g/mol. The summed E-state index contributed by atoms with van der Waals surface area (Å²) in [6, 6.07) is 16.0. The highest BCUT2D eigenvalue weighted by molar-refractivity contribution is 5.37. The van der Waals surface area contributed by atoms with Gasteiger partial charge in [-0.1, -0.05) is 30.3 Å². The highest BCUT2D eigenvalue weighted by Crippen LogP contribution is 2.28. The smallest absolute Gasteiger partial charge is 0.137 e. The number of hydrogen-bond donors (Lipinski definition) is 1. The van der Waals surface area contributed by atoms with Crippen LogP contribution in [0, 0.1) is 0 Å². The lowest BCUT2D eigenvalue weighted by Crippen LogP contribution is -2.22. The summed E-state index contributed by atoms with van der Waals surface area (Å²) in [5, 5.41) is 0. The van der Waals surface area contributed by atoms with Gasteiger partial charge in [-0.2, -0.15) is 0 Å². The topological polar surface area (TPSA) is 44.5 Å². The van der Waals surface area contributed by atoms with E-state index in [-0.39, 0.29) is 6.10 Å². The molecule has 1 heterocycles. The van der Waals surface area contributed by atoms with Crippen LogP contribution < -0.4 is 15.2 Å². The fourth-order valence-electron chi connectivity index (χ4n) is 2.26. The zero-order chi connectivity index (χ0) is 13.1. The largest absolute Gasteiger partial charge is 0.490 e. The van der Waals surface area contributed by atoms with E-state index in [4.69, 9.17) is 15.2 Å². The van der Waals surface area contributed by atoms with Crippen LogP contribution in [0.25, 0.3) is 0 Å². The first-order valence-electron chi connectivity index (χ1n) is 6.51. The van der Waals surface area contributed by atoms with E-state index in [1.54, 1.807) is 0 Å².